The zero-order chi connectivity index (χ0) is 29.0. The van der Waals surface area contributed by atoms with Crippen LogP contribution in [0.3, 0.4) is 0 Å². The van der Waals surface area contributed by atoms with Crippen molar-refractivity contribution in [3.8, 4) is 11.1 Å². The highest BCUT2D eigenvalue weighted by atomic mass is 32.1. The molecule has 2 heteroatoms. The first-order valence-electron chi connectivity index (χ1n) is 15.4. The Balaban J connectivity index is 1.35. The van der Waals surface area contributed by atoms with Crippen LogP contribution in [-0.4, -0.2) is 5.71 Å². The summed E-state index contributed by atoms with van der Waals surface area (Å²) in [5.41, 5.74) is 9.54. The van der Waals surface area contributed by atoms with E-state index in [1.54, 1.807) is 0 Å². The predicted octanol–water partition coefficient (Wildman–Crippen LogP) is 12.0. The number of hydrogen-bond acceptors (Lipinski definition) is 2. The first kappa shape index (κ1) is 25.4. The van der Waals surface area contributed by atoms with Gasteiger partial charge in [-0.15, -0.1) is 11.3 Å². The molecule has 0 unspecified atom stereocenters. The summed E-state index contributed by atoms with van der Waals surface area (Å²) in [6.07, 6.45) is 5.56. The van der Waals surface area contributed by atoms with Crippen LogP contribution in [0, 0.1) is 0 Å². The van der Waals surface area contributed by atoms with Gasteiger partial charge in [-0.3, -0.25) is 0 Å². The second-order valence-corrected chi connectivity index (χ2v) is 12.8. The molecule has 2 heterocycles. The molecular formula is C42H29NS. The molecule has 0 spiro atoms. The van der Waals surface area contributed by atoms with Gasteiger partial charge in [0, 0.05) is 31.3 Å². The van der Waals surface area contributed by atoms with Gasteiger partial charge in [0.2, 0.25) is 0 Å². The highest BCUT2D eigenvalue weighted by Crippen LogP contribution is 2.47. The van der Waals surface area contributed by atoms with Gasteiger partial charge in [-0.05, 0) is 81.3 Å². The van der Waals surface area contributed by atoms with E-state index < -0.39 is 0 Å². The summed E-state index contributed by atoms with van der Waals surface area (Å²) in [4.78, 5) is 5.58. The van der Waals surface area contributed by atoms with Crippen molar-refractivity contribution in [2.45, 2.75) is 19.3 Å². The van der Waals surface area contributed by atoms with Crippen LogP contribution in [0.15, 0.2) is 145 Å². The molecular weight excluding hydrogens is 551 g/mol. The highest BCUT2D eigenvalue weighted by Gasteiger charge is 2.23. The van der Waals surface area contributed by atoms with Crippen LogP contribution in [0.25, 0.3) is 58.4 Å². The van der Waals surface area contributed by atoms with E-state index in [1.807, 2.05) is 11.3 Å². The summed E-state index contributed by atoms with van der Waals surface area (Å²) in [5, 5.41) is 8.04. The molecule has 1 aromatic heterocycles. The Labute approximate surface area is 260 Å². The van der Waals surface area contributed by atoms with Crippen LogP contribution in [0.1, 0.15) is 29.5 Å². The molecule has 0 radical (unpaired) electrons. The van der Waals surface area contributed by atoms with E-state index in [0.717, 1.165) is 30.7 Å². The van der Waals surface area contributed by atoms with Crippen molar-refractivity contribution in [3.05, 3.63) is 156 Å². The minimum Gasteiger partial charge on any atom is -0.247 e. The summed E-state index contributed by atoms with van der Waals surface area (Å²) >= 11 is 1.91. The summed E-state index contributed by atoms with van der Waals surface area (Å²) in [5.74, 6) is 0. The normalized spacial score (nSPS) is 13.9. The first-order chi connectivity index (χ1) is 21.8. The summed E-state index contributed by atoms with van der Waals surface area (Å²) in [7, 11) is 0. The molecule has 0 amide bonds. The molecule has 1 aliphatic heterocycles. The maximum Gasteiger partial charge on any atom is 0.0798 e. The smallest absolute Gasteiger partial charge is 0.0798 e. The third-order valence-electron chi connectivity index (χ3n) is 9.17. The Kier molecular flexibility index (Phi) is 5.95. The molecule has 208 valence electrons. The van der Waals surface area contributed by atoms with Crippen molar-refractivity contribution in [1.82, 2.24) is 0 Å². The maximum absolute atomic E-state index is 5.58. The fourth-order valence-corrected chi connectivity index (χ4v) is 8.38. The van der Waals surface area contributed by atoms with E-state index in [4.69, 9.17) is 4.99 Å². The number of nitrogens with zero attached hydrogens (tertiary/aromatic N) is 1. The van der Waals surface area contributed by atoms with Gasteiger partial charge in [0.1, 0.15) is 0 Å². The molecule has 0 aliphatic carbocycles. The van der Waals surface area contributed by atoms with E-state index in [-0.39, 0.29) is 0 Å². The number of hydrogen-bond donors (Lipinski definition) is 0. The number of thiophene rings is 1. The van der Waals surface area contributed by atoms with Crippen LogP contribution in [0.4, 0.5) is 5.69 Å². The molecule has 9 rings (SSSR count). The molecule has 0 fully saturated rings. The standard InChI is InChI=1S/C42H29NS/c1-2-12-27(13-3-1)29-16-10-17-30(26-29)31-18-6-4-14-28-15-5-9-22-37(28)43-41(31)36-25-24-35-33-20-8-7-19-32(33)34-21-11-23-38-39(34)40(35)42(36)44-38/h1-3,5,7-13,15-26H,4,6,14H2. The molecule has 0 atom stereocenters. The fourth-order valence-electron chi connectivity index (χ4n) is 7.11. The predicted molar refractivity (Wildman–Crippen MR) is 191 cm³/mol. The third kappa shape index (κ3) is 4.02. The third-order valence-corrected chi connectivity index (χ3v) is 10.4. The van der Waals surface area contributed by atoms with Crippen LogP contribution in [0.5, 0.6) is 0 Å². The van der Waals surface area contributed by atoms with Crippen molar-refractivity contribution in [1.29, 1.82) is 0 Å². The SMILES string of the molecule is C1=C(c2cccc(-c3ccccc3)c2)C(c2ccc3c4ccccc4c4cccc5sc2c3c54)=Nc2ccccc2CCC1. The van der Waals surface area contributed by atoms with Crippen LogP contribution >= 0.6 is 11.3 Å². The molecule has 7 aromatic carbocycles. The van der Waals surface area contributed by atoms with Gasteiger partial charge < -0.3 is 0 Å². The highest BCUT2D eigenvalue weighted by molar-refractivity contribution is 7.26. The molecule has 1 aliphatic rings. The van der Waals surface area contributed by atoms with Gasteiger partial charge in [0.05, 0.1) is 11.4 Å². The lowest BCUT2D eigenvalue weighted by Gasteiger charge is -2.16. The Bertz CT molecular complexity index is 2410. The molecule has 44 heavy (non-hydrogen) atoms. The zero-order valence-electron chi connectivity index (χ0n) is 24.3. The lowest BCUT2D eigenvalue weighted by Crippen LogP contribution is -2.06. The molecule has 0 saturated carbocycles. The van der Waals surface area contributed by atoms with Crippen LogP contribution < -0.4 is 0 Å². The molecule has 0 saturated heterocycles. The summed E-state index contributed by atoms with van der Waals surface area (Å²) in [6.45, 7) is 0. The number of aliphatic imine (C=N–C) groups is 1. The van der Waals surface area contributed by atoms with Crippen molar-refractivity contribution < 1.29 is 0 Å². The molecule has 0 N–H and O–H groups in total. The second-order valence-electron chi connectivity index (χ2n) is 11.7. The van der Waals surface area contributed by atoms with Crippen molar-refractivity contribution in [3.63, 3.8) is 0 Å². The number of para-hydroxylation sites is 1. The lowest BCUT2D eigenvalue weighted by atomic mass is 9.89. The topological polar surface area (TPSA) is 12.4 Å². The maximum atomic E-state index is 5.58. The Morgan fingerprint density at radius 2 is 1.25 bits per heavy atom. The van der Waals surface area contributed by atoms with Crippen LogP contribution in [0.2, 0.25) is 0 Å². The minimum atomic E-state index is 1.00. The Hall–Kier alpha value is -5.05. The molecule has 1 nitrogen and oxygen atoms in total. The van der Waals surface area contributed by atoms with Gasteiger partial charge in [0.25, 0.3) is 0 Å². The zero-order valence-corrected chi connectivity index (χ0v) is 25.1. The van der Waals surface area contributed by atoms with Crippen molar-refractivity contribution in [2.75, 3.05) is 0 Å². The Morgan fingerprint density at radius 1 is 0.545 bits per heavy atom. The quantitative estimate of drug-likeness (QED) is 0.185. The number of rotatable bonds is 3. The molecule has 0 bridgehead atoms. The van der Waals surface area contributed by atoms with E-state index >= 15 is 0 Å². The van der Waals surface area contributed by atoms with Crippen LogP contribution in [-0.2, 0) is 6.42 Å². The van der Waals surface area contributed by atoms with Gasteiger partial charge in [-0.2, -0.15) is 0 Å². The average molecular weight is 580 g/mol. The van der Waals surface area contributed by atoms with Crippen molar-refractivity contribution in [2.24, 2.45) is 4.99 Å². The summed E-state index contributed by atoms with van der Waals surface area (Å²) in [6, 6.07) is 48.7. The van der Waals surface area contributed by atoms with E-state index in [0.29, 0.717) is 0 Å². The van der Waals surface area contributed by atoms with E-state index in [9.17, 15) is 0 Å². The first-order valence-corrected chi connectivity index (χ1v) is 16.3. The van der Waals surface area contributed by atoms with Gasteiger partial charge in [-0.25, -0.2) is 4.99 Å². The lowest BCUT2D eigenvalue weighted by molar-refractivity contribution is 0.846. The van der Waals surface area contributed by atoms with E-state index in [2.05, 4.69) is 140 Å². The minimum absolute atomic E-state index is 1.00. The fraction of sp³-hybridized carbons (Fsp3) is 0.0714. The number of benzene rings is 7. The monoisotopic (exact) mass is 579 g/mol. The largest absolute Gasteiger partial charge is 0.247 e. The van der Waals surface area contributed by atoms with Gasteiger partial charge >= 0.3 is 0 Å². The van der Waals surface area contributed by atoms with Gasteiger partial charge in [0.15, 0.2) is 0 Å². The van der Waals surface area contributed by atoms with Crippen molar-refractivity contribution >= 4 is 70.0 Å². The van der Waals surface area contributed by atoms with Gasteiger partial charge in [-0.1, -0.05) is 121 Å². The number of allylic oxidation sites excluding steroid dienone is 2. The average Bonchev–Trinajstić information content (AvgIpc) is 3.52. The Morgan fingerprint density at radius 3 is 2.14 bits per heavy atom. The van der Waals surface area contributed by atoms with E-state index in [1.165, 1.54) is 75.1 Å². The second kappa shape index (κ2) is 10.3. The number of fused-ring (bicyclic) bond motifs is 4. The summed E-state index contributed by atoms with van der Waals surface area (Å²) < 4.78 is 2.65. The molecule has 8 aromatic rings. The number of aryl methyl sites for hydroxylation is 1.